The number of benzene rings is 1. The monoisotopic (exact) mass is 393 g/mol. The SMILES string of the molecule is Cc1cccc(N2CCN(CCC3CCC(NC(=O)CC#N)CC3)CC2)c1C#N. The first kappa shape index (κ1) is 21.1. The molecule has 0 unspecified atom stereocenters. The Bertz CT molecular complexity index is 777. The van der Waals surface area contributed by atoms with Crippen LogP contribution in [0.1, 0.15) is 49.7 Å². The van der Waals surface area contributed by atoms with Gasteiger partial charge in [-0.2, -0.15) is 10.5 Å². The van der Waals surface area contributed by atoms with Gasteiger partial charge < -0.3 is 10.2 Å². The number of anilines is 1. The molecule has 0 bridgehead atoms. The second kappa shape index (κ2) is 10.3. The molecule has 0 radical (unpaired) electrons. The molecule has 29 heavy (non-hydrogen) atoms. The van der Waals surface area contributed by atoms with Crippen molar-refractivity contribution >= 4 is 11.6 Å². The van der Waals surface area contributed by atoms with Gasteiger partial charge in [0, 0.05) is 32.2 Å². The summed E-state index contributed by atoms with van der Waals surface area (Å²) in [4.78, 5) is 16.4. The fourth-order valence-electron chi connectivity index (χ4n) is 4.58. The van der Waals surface area contributed by atoms with Crippen molar-refractivity contribution in [1.82, 2.24) is 10.2 Å². The van der Waals surface area contributed by atoms with Gasteiger partial charge in [-0.3, -0.25) is 9.69 Å². The zero-order chi connectivity index (χ0) is 20.6. The standard InChI is InChI=1S/C23H31N5O/c1-18-3-2-4-22(21(18)17-25)28-15-13-27(14-16-28)12-10-19-5-7-20(8-6-19)26-23(29)9-11-24/h2-4,19-20H,5-10,12-16H2,1H3,(H,26,29). The van der Waals surface area contributed by atoms with Crippen LogP contribution in [0, 0.1) is 35.5 Å². The molecule has 1 amide bonds. The van der Waals surface area contributed by atoms with Gasteiger partial charge in [-0.1, -0.05) is 12.1 Å². The van der Waals surface area contributed by atoms with Crippen LogP contribution in [0.15, 0.2) is 18.2 Å². The van der Waals surface area contributed by atoms with Crippen molar-refractivity contribution in [1.29, 1.82) is 10.5 Å². The van der Waals surface area contributed by atoms with Crippen molar-refractivity contribution in [2.24, 2.45) is 5.92 Å². The highest BCUT2D eigenvalue weighted by molar-refractivity contribution is 5.78. The van der Waals surface area contributed by atoms with Gasteiger partial charge in [-0.05, 0) is 63.1 Å². The molecule has 1 saturated heterocycles. The molecule has 0 aromatic heterocycles. The fourth-order valence-corrected chi connectivity index (χ4v) is 4.58. The van der Waals surface area contributed by atoms with Crippen molar-refractivity contribution < 1.29 is 4.79 Å². The Kier molecular flexibility index (Phi) is 7.49. The zero-order valence-corrected chi connectivity index (χ0v) is 17.4. The first-order valence-electron chi connectivity index (χ1n) is 10.7. The van der Waals surface area contributed by atoms with E-state index in [2.05, 4.69) is 27.3 Å². The molecule has 6 heteroatoms. The van der Waals surface area contributed by atoms with Gasteiger partial charge in [0.25, 0.3) is 0 Å². The van der Waals surface area contributed by atoms with Crippen molar-refractivity contribution in [2.45, 2.75) is 51.5 Å². The highest BCUT2D eigenvalue weighted by Crippen LogP contribution is 2.28. The number of aryl methyl sites for hydroxylation is 1. The second-order valence-electron chi connectivity index (χ2n) is 8.32. The summed E-state index contributed by atoms with van der Waals surface area (Å²) in [5.41, 5.74) is 2.93. The quantitative estimate of drug-likeness (QED) is 0.803. The topological polar surface area (TPSA) is 83.2 Å². The average molecular weight is 394 g/mol. The summed E-state index contributed by atoms with van der Waals surface area (Å²) in [5.74, 6) is 0.598. The summed E-state index contributed by atoms with van der Waals surface area (Å²) in [6.45, 7) is 7.15. The van der Waals surface area contributed by atoms with Crippen LogP contribution in [-0.2, 0) is 4.79 Å². The number of nitrogens with one attached hydrogen (secondary N) is 1. The molecule has 1 N–H and O–H groups in total. The number of piperazine rings is 1. The van der Waals surface area contributed by atoms with Gasteiger partial charge in [0.2, 0.25) is 5.91 Å². The van der Waals surface area contributed by atoms with Crippen LogP contribution in [0.25, 0.3) is 0 Å². The normalized spacial score (nSPS) is 22.5. The lowest BCUT2D eigenvalue weighted by atomic mass is 9.84. The summed E-state index contributed by atoms with van der Waals surface area (Å²) in [7, 11) is 0. The van der Waals surface area contributed by atoms with E-state index < -0.39 is 0 Å². The number of nitriles is 2. The summed E-state index contributed by atoms with van der Waals surface area (Å²) < 4.78 is 0. The molecule has 3 rings (SSSR count). The van der Waals surface area contributed by atoms with Crippen molar-refractivity contribution in [2.75, 3.05) is 37.6 Å². The van der Waals surface area contributed by atoms with E-state index in [-0.39, 0.29) is 18.4 Å². The number of carbonyl (C=O) groups excluding carboxylic acids is 1. The molecule has 1 aromatic rings. The number of amides is 1. The number of hydrogen-bond acceptors (Lipinski definition) is 5. The maximum absolute atomic E-state index is 11.6. The van der Waals surface area contributed by atoms with Crippen molar-refractivity contribution in [3.63, 3.8) is 0 Å². The van der Waals surface area contributed by atoms with Crippen LogP contribution < -0.4 is 10.2 Å². The Morgan fingerprint density at radius 3 is 2.52 bits per heavy atom. The maximum Gasteiger partial charge on any atom is 0.234 e. The van der Waals surface area contributed by atoms with Gasteiger partial charge >= 0.3 is 0 Å². The third kappa shape index (κ3) is 5.71. The fraction of sp³-hybridized carbons (Fsp3) is 0.609. The summed E-state index contributed by atoms with van der Waals surface area (Å²) in [5, 5.41) is 21.0. The van der Waals surface area contributed by atoms with E-state index in [0.717, 1.165) is 81.1 Å². The Hall–Kier alpha value is -2.57. The van der Waals surface area contributed by atoms with Gasteiger partial charge in [0.05, 0.1) is 17.3 Å². The maximum atomic E-state index is 11.6. The first-order valence-corrected chi connectivity index (χ1v) is 10.7. The van der Waals surface area contributed by atoms with E-state index in [4.69, 9.17) is 5.26 Å². The predicted octanol–water partition coefficient (Wildman–Crippen LogP) is 2.97. The third-order valence-corrected chi connectivity index (χ3v) is 6.38. The van der Waals surface area contributed by atoms with Crippen LogP contribution >= 0.6 is 0 Å². The molecule has 1 aromatic carbocycles. The number of rotatable bonds is 6. The number of nitrogens with zero attached hydrogens (tertiary/aromatic N) is 4. The predicted molar refractivity (Wildman–Crippen MR) is 113 cm³/mol. The summed E-state index contributed by atoms with van der Waals surface area (Å²) >= 11 is 0. The van der Waals surface area contributed by atoms with Crippen LogP contribution in [0.2, 0.25) is 0 Å². The van der Waals surface area contributed by atoms with Gasteiger partial charge in [0.1, 0.15) is 12.5 Å². The van der Waals surface area contributed by atoms with E-state index in [1.807, 2.05) is 25.1 Å². The van der Waals surface area contributed by atoms with Crippen LogP contribution in [0.3, 0.4) is 0 Å². The van der Waals surface area contributed by atoms with Gasteiger partial charge in [-0.15, -0.1) is 0 Å². The van der Waals surface area contributed by atoms with E-state index in [1.165, 1.54) is 6.42 Å². The molecule has 0 atom stereocenters. The van der Waals surface area contributed by atoms with E-state index >= 15 is 0 Å². The molecule has 2 aliphatic rings. The minimum Gasteiger partial charge on any atom is -0.368 e. The minimum atomic E-state index is -0.137. The average Bonchev–Trinajstić information content (AvgIpc) is 2.73. The molecule has 1 heterocycles. The molecule has 154 valence electrons. The molecule has 2 fully saturated rings. The summed E-state index contributed by atoms with van der Waals surface area (Å²) in [6, 6.07) is 10.6. The molecular formula is C23H31N5O. The zero-order valence-electron chi connectivity index (χ0n) is 17.4. The largest absolute Gasteiger partial charge is 0.368 e. The van der Waals surface area contributed by atoms with Crippen LogP contribution in [0.5, 0.6) is 0 Å². The molecule has 1 aliphatic carbocycles. The highest BCUT2D eigenvalue weighted by Gasteiger charge is 2.24. The Morgan fingerprint density at radius 1 is 1.14 bits per heavy atom. The first-order chi connectivity index (χ1) is 14.1. The van der Waals surface area contributed by atoms with E-state index in [9.17, 15) is 10.1 Å². The van der Waals surface area contributed by atoms with Crippen LogP contribution in [-0.4, -0.2) is 49.6 Å². The molecular weight excluding hydrogens is 362 g/mol. The van der Waals surface area contributed by atoms with Crippen molar-refractivity contribution in [3.8, 4) is 12.1 Å². The molecule has 6 nitrogen and oxygen atoms in total. The smallest absolute Gasteiger partial charge is 0.234 e. The van der Waals surface area contributed by atoms with E-state index in [0.29, 0.717) is 0 Å². The second-order valence-corrected chi connectivity index (χ2v) is 8.32. The lowest BCUT2D eigenvalue weighted by Gasteiger charge is -2.37. The van der Waals surface area contributed by atoms with E-state index in [1.54, 1.807) is 0 Å². The van der Waals surface area contributed by atoms with Crippen molar-refractivity contribution in [3.05, 3.63) is 29.3 Å². The molecule has 1 saturated carbocycles. The highest BCUT2D eigenvalue weighted by atomic mass is 16.1. The van der Waals surface area contributed by atoms with Gasteiger partial charge in [-0.25, -0.2) is 0 Å². The lowest BCUT2D eigenvalue weighted by Crippen LogP contribution is -2.47. The number of hydrogen-bond donors (Lipinski definition) is 1. The Labute approximate surface area is 174 Å². The Balaban J connectivity index is 1.38. The molecule has 0 spiro atoms. The lowest BCUT2D eigenvalue weighted by molar-refractivity contribution is -0.121. The number of carbonyl (C=O) groups is 1. The van der Waals surface area contributed by atoms with Gasteiger partial charge in [0.15, 0.2) is 0 Å². The third-order valence-electron chi connectivity index (χ3n) is 6.38. The van der Waals surface area contributed by atoms with Crippen LogP contribution in [0.4, 0.5) is 5.69 Å². The Morgan fingerprint density at radius 2 is 1.86 bits per heavy atom. The molecule has 1 aliphatic heterocycles. The minimum absolute atomic E-state index is 0.0374. The summed E-state index contributed by atoms with van der Waals surface area (Å²) in [6.07, 6.45) is 5.55.